The standard InChI is InChI=1S/C9H12.C5H12.C3H6O.2C2H6/c1-7-4-5-8(2)9(3)6-7;1-4-5(2)3;1-3(2)4;2*1-2/h4-6H,1-3H3;5H,4H2,1-3H3;1-2H3;2*1-2H3. The van der Waals surface area contributed by atoms with E-state index in [1.54, 1.807) is 0 Å². The predicted octanol–water partition coefficient (Wildman–Crippen LogP) is 7.31. The Balaban J connectivity index is -0.000000107. The van der Waals surface area contributed by atoms with E-state index in [4.69, 9.17) is 0 Å². The van der Waals surface area contributed by atoms with E-state index in [2.05, 4.69) is 59.7 Å². The van der Waals surface area contributed by atoms with Crippen LogP contribution in [0.2, 0.25) is 0 Å². The maximum atomic E-state index is 9.44. The van der Waals surface area contributed by atoms with Crippen molar-refractivity contribution in [1.82, 2.24) is 0 Å². The summed E-state index contributed by atoms with van der Waals surface area (Å²) in [6.07, 6.45) is 1.31. The summed E-state index contributed by atoms with van der Waals surface area (Å²) < 4.78 is 0. The number of benzene rings is 1. The largest absolute Gasteiger partial charge is 0.300 e. The summed E-state index contributed by atoms with van der Waals surface area (Å²) in [4.78, 5) is 9.44. The van der Waals surface area contributed by atoms with Gasteiger partial charge in [-0.25, -0.2) is 0 Å². The summed E-state index contributed by atoms with van der Waals surface area (Å²) in [7, 11) is 0. The predicted molar refractivity (Wildman–Crippen MR) is 105 cm³/mol. The number of hydrogen-bond donors (Lipinski definition) is 0. The van der Waals surface area contributed by atoms with Crippen molar-refractivity contribution < 1.29 is 4.79 Å². The highest BCUT2D eigenvalue weighted by molar-refractivity contribution is 5.72. The first kappa shape index (κ1) is 29.0. The molecular weight excluding hydrogens is 268 g/mol. The molecule has 1 rings (SSSR count). The SMILES string of the molecule is CC.CC.CC(C)=O.CCC(C)C.Cc1ccc(C)c(C)c1. The average molecular weight is 311 g/mol. The first-order valence-corrected chi connectivity index (χ1v) is 8.71. The number of Topliss-reactive ketones (excluding diaryl/α,β-unsaturated/α-hetero) is 1. The summed E-state index contributed by atoms with van der Waals surface area (Å²) in [5, 5.41) is 0. The first-order chi connectivity index (χ1) is 10.2. The van der Waals surface area contributed by atoms with Crippen LogP contribution in [-0.4, -0.2) is 5.78 Å². The van der Waals surface area contributed by atoms with E-state index in [1.807, 2.05) is 27.7 Å². The topological polar surface area (TPSA) is 17.1 Å². The lowest BCUT2D eigenvalue weighted by atomic mass is 10.1. The van der Waals surface area contributed by atoms with Crippen molar-refractivity contribution in [3.8, 4) is 0 Å². The first-order valence-electron chi connectivity index (χ1n) is 8.71. The van der Waals surface area contributed by atoms with Crippen LogP contribution in [0.3, 0.4) is 0 Å². The fraction of sp³-hybridized carbons (Fsp3) is 0.667. The molecule has 1 heteroatoms. The lowest BCUT2D eigenvalue weighted by molar-refractivity contribution is -0.114. The van der Waals surface area contributed by atoms with Crippen molar-refractivity contribution >= 4 is 5.78 Å². The minimum absolute atomic E-state index is 0.167. The Morgan fingerprint density at radius 3 is 1.41 bits per heavy atom. The zero-order valence-electron chi connectivity index (χ0n) is 17.4. The van der Waals surface area contributed by atoms with Crippen LogP contribution in [0.5, 0.6) is 0 Å². The van der Waals surface area contributed by atoms with E-state index < -0.39 is 0 Å². The zero-order valence-corrected chi connectivity index (χ0v) is 17.4. The molecule has 1 nitrogen and oxygen atoms in total. The summed E-state index contributed by atoms with van der Waals surface area (Å²) in [5.41, 5.74) is 4.11. The monoisotopic (exact) mass is 310 g/mol. The van der Waals surface area contributed by atoms with E-state index in [0.717, 1.165) is 5.92 Å². The second-order valence-electron chi connectivity index (χ2n) is 5.30. The molecule has 132 valence electrons. The molecule has 0 bridgehead atoms. The van der Waals surface area contributed by atoms with Gasteiger partial charge < -0.3 is 4.79 Å². The van der Waals surface area contributed by atoms with Gasteiger partial charge in [-0.2, -0.15) is 0 Å². The van der Waals surface area contributed by atoms with Crippen LogP contribution in [0.25, 0.3) is 0 Å². The molecule has 1 aromatic rings. The van der Waals surface area contributed by atoms with Crippen molar-refractivity contribution in [2.45, 2.75) is 89.5 Å². The van der Waals surface area contributed by atoms with Gasteiger partial charge in [0.15, 0.2) is 0 Å². The van der Waals surface area contributed by atoms with Crippen molar-refractivity contribution in [3.05, 3.63) is 34.9 Å². The highest BCUT2D eigenvalue weighted by atomic mass is 16.1. The lowest BCUT2D eigenvalue weighted by Crippen LogP contribution is -1.79. The summed E-state index contributed by atoms with van der Waals surface area (Å²) in [6, 6.07) is 6.50. The van der Waals surface area contributed by atoms with Gasteiger partial charge in [0.2, 0.25) is 0 Å². The van der Waals surface area contributed by atoms with Crippen LogP contribution in [0.1, 0.15) is 85.4 Å². The Bertz CT molecular complexity index is 334. The molecule has 0 aliphatic carbocycles. The minimum atomic E-state index is 0.167. The Hall–Kier alpha value is -1.11. The van der Waals surface area contributed by atoms with Gasteiger partial charge in [-0.3, -0.25) is 0 Å². The third-order valence-corrected chi connectivity index (χ3v) is 2.48. The Kier molecular flexibility index (Phi) is 29.2. The molecule has 0 radical (unpaired) electrons. The molecule has 0 spiro atoms. The van der Waals surface area contributed by atoms with Gasteiger partial charge in [-0.1, -0.05) is 78.6 Å². The van der Waals surface area contributed by atoms with E-state index >= 15 is 0 Å². The van der Waals surface area contributed by atoms with E-state index in [-0.39, 0.29) is 5.78 Å². The Morgan fingerprint density at radius 1 is 0.909 bits per heavy atom. The average Bonchev–Trinajstić information content (AvgIpc) is 2.47. The smallest absolute Gasteiger partial charge is 0.126 e. The van der Waals surface area contributed by atoms with Gasteiger partial charge in [-0.15, -0.1) is 0 Å². The molecule has 0 aliphatic heterocycles. The number of ketones is 1. The normalized spacial score (nSPS) is 7.86. The number of hydrogen-bond acceptors (Lipinski definition) is 1. The van der Waals surface area contributed by atoms with Crippen molar-refractivity contribution in [2.75, 3.05) is 0 Å². The molecular formula is C21H42O. The van der Waals surface area contributed by atoms with Crippen LogP contribution >= 0.6 is 0 Å². The van der Waals surface area contributed by atoms with Crippen molar-refractivity contribution in [1.29, 1.82) is 0 Å². The van der Waals surface area contributed by atoms with Crippen LogP contribution in [-0.2, 0) is 4.79 Å². The Morgan fingerprint density at radius 2 is 1.23 bits per heavy atom. The molecule has 0 aromatic heterocycles. The van der Waals surface area contributed by atoms with Crippen molar-refractivity contribution in [2.24, 2.45) is 5.92 Å². The number of rotatable bonds is 1. The molecule has 22 heavy (non-hydrogen) atoms. The van der Waals surface area contributed by atoms with Gasteiger partial charge in [0.25, 0.3) is 0 Å². The number of carbonyl (C=O) groups excluding carboxylic acids is 1. The highest BCUT2D eigenvalue weighted by Gasteiger charge is 1.89. The zero-order chi connectivity index (χ0) is 18.7. The van der Waals surface area contributed by atoms with Gasteiger partial charge in [0.05, 0.1) is 0 Å². The van der Waals surface area contributed by atoms with E-state index in [0.29, 0.717) is 0 Å². The molecule has 0 saturated heterocycles. The fourth-order valence-electron chi connectivity index (χ4n) is 0.891. The summed E-state index contributed by atoms with van der Waals surface area (Å²) in [6.45, 7) is 24.1. The van der Waals surface area contributed by atoms with Gasteiger partial charge in [0.1, 0.15) is 5.78 Å². The summed E-state index contributed by atoms with van der Waals surface area (Å²) >= 11 is 0. The van der Waals surface area contributed by atoms with Crippen LogP contribution in [0, 0.1) is 26.7 Å². The molecule has 0 aliphatic rings. The van der Waals surface area contributed by atoms with Crippen LogP contribution < -0.4 is 0 Å². The molecule has 0 N–H and O–H groups in total. The highest BCUT2D eigenvalue weighted by Crippen LogP contribution is 2.07. The van der Waals surface area contributed by atoms with Gasteiger partial charge in [0, 0.05) is 0 Å². The molecule has 0 amide bonds. The second-order valence-corrected chi connectivity index (χ2v) is 5.30. The van der Waals surface area contributed by atoms with Gasteiger partial charge in [-0.05, 0) is 51.7 Å². The fourth-order valence-corrected chi connectivity index (χ4v) is 0.891. The van der Waals surface area contributed by atoms with E-state index in [9.17, 15) is 4.79 Å². The van der Waals surface area contributed by atoms with Gasteiger partial charge >= 0.3 is 0 Å². The molecule has 0 fully saturated rings. The number of carbonyl (C=O) groups is 1. The lowest BCUT2D eigenvalue weighted by Gasteiger charge is -1.98. The molecule has 1 aromatic carbocycles. The maximum absolute atomic E-state index is 9.44. The maximum Gasteiger partial charge on any atom is 0.126 e. The second kappa shape index (κ2) is 22.2. The minimum Gasteiger partial charge on any atom is -0.300 e. The van der Waals surface area contributed by atoms with Crippen molar-refractivity contribution in [3.63, 3.8) is 0 Å². The quantitative estimate of drug-likeness (QED) is 0.531. The molecule has 0 atom stereocenters. The van der Waals surface area contributed by atoms with Crippen LogP contribution in [0.4, 0.5) is 0 Å². The third kappa shape index (κ3) is 31.3. The molecule has 0 unspecified atom stereocenters. The third-order valence-electron chi connectivity index (χ3n) is 2.48. The summed E-state index contributed by atoms with van der Waals surface area (Å²) in [5.74, 6) is 1.05. The van der Waals surface area contributed by atoms with Crippen LogP contribution in [0.15, 0.2) is 18.2 Å². The Labute approximate surface area is 141 Å². The molecule has 0 saturated carbocycles. The number of aryl methyl sites for hydroxylation is 3. The molecule has 0 heterocycles. The van der Waals surface area contributed by atoms with E-state index in [1.165, 1.54) is 37.0 Å².